The van der Waals surface area contributed by atoms with Crippen LogP contribution in [-0.2, 0) is 30.5 Å². The van der Waals surface area contributed by atoms with Gasteiger partial charge in [0, 0.05) is 38.1 Å². The summed E-state index contributed by atoms with van der Waals surface area (Å²) in [4.78, 5) is 92.5. The van der Waals surface area contributed by atoms with Crippen LogP contribution in [0.1, 0.15) is 65.7 Å². The molecule has 0 spiro atoms. The lowest BCUT2D eigenvalue weighted by atomic mass is 9.54. The van der Waals surface area contributed by atoms with Gasteiger partial charge in [0.2, 0.25) is 17.6 Å². The second kappa shape index (κ2) is 14.0. The fourth-order valence-corrected chi connectivity index (χ4v) is 7.36. The molecule has 4 saturated carbocycles. The average molecular weight is 635 g/mol. The number of ether oxygens (including phenoxy) is 1. The van der Waals surface area contributed by atoms with Gasteiger partial charge in [-0.2, -0.15) is 0 Å². The molecule has 14 heteroatoms. The van der Waals surface area contributed by atoms with Crippen LogP contribution in [0.15, 0.2) is 41.6 Å². The van der Waals surface area contributed by atoms with Crippen molar-refractivity contribution >= 4 is 41.1 Å². The number of carbonyl (C=O) groups excluding carboxylic acids is 6. The number of aromatic nitrogens is 2. The number of anilines is 1. The predicted molar refractivity (Wildman–Crippen MR) is 163 cm³/mol. The number of likely N-dealkylation sites (N-methyl/N-ethyl adjacent to an activating group) is 1. The minimum Gasteiger partial charge on any atom is -0.465 e. The number of methoxy groups -OCH3 is 1. The number of pyridine rings is 2. The number of hydrogen-bond acceptors (Lipinski definition) is 9. The molecule has 4 N–H and O–H groups in total. The quantitative estimate of drug-likeness (QED) is 0.193. The molecule has 2 heterocycles. The molecular formula is C32H38N6O8. The molecule has 46 heavy (non-hydrogen) atoms. The van der Waals surface area contributed by atoms with E-state index in [0.29, 0.717) is 11.8 Å². The number of hydrogen-bond donors (Lipinski definition) is 4. The van der Waals surface area contributed by atoms with Crippen molar-refractivity contribution in [2.75, 3.05) is 19.5 Å². The second-order valence-corrected chi connectivity index (χ2v) is 12.4. The van der Waals surface area contributed by atoms with Crippen molar-refractivity contribution in [3.8, 4) is 0 Å². The third kappa shape index (κ3) is 7.32. The summed E-state index contributed by atoms with van der Waals surface area (Å²) >= 11 is 0. The molecule has 4 fully saturated rings. The summed E-state index contributed by atoms with van der Waals surface area (Å²) in [5, 5.41) is 10.4. The molecule has 14 nitrogen and oxygen atoms in total. The van der Waals surface area contributed by atoms with E-state index >= 15 is 0 Å². The Bertz CT molecular complexity index is 1570. The molecule has 4 bridgehead atoms. The van der Waals surface area contributed by atoms with Crippen LogP contribution >= 0.6 is 0 Å². The first-order valence-electron chi connectivity index (χ1n) is 15.4. The van der Waals surface area contributed by atoms with Crippen LogP contribution in [0, 0.1) is 23.7 Å². The summed E-state index contributed by atoms with van der Waals surface area (Å²) in [6.45, 7) is -0.227. The molecule has 244 valence electrons. The highest BCUT2D eigenvalue weighted by Crippen LogP contribution is 2.53. The highest BCUT2D eigenvalue weighted by atomic mass is 16.5. The molecule has 0 saturated heterocycles. The molecule has 6 rings (SSSR count). The van der Waals surface area contributed by atoms with Gasteiger partial charge in [-0.3, -0.25) is 33.8 Å². The summed E-state index contributed by atoms with van der Waals surface area (Å²) in [5.41, 5.74) is -0.826. The number of carbonyl (C=O) groups is 6. The Labute approximate surface area is 265 Å². The number of ketones is 1. The molecule has 0 unspecified atom stereocenters. The Morgan fingerprint density at radius 2 is 1.67 bits per heavy atom. The molecule has 0 radical (unpaired) electrons. The van der Waals surface area contributed by atoms with Crippen LogP contribution in [0.25, 0.3) is 0 Å². The van der Waals surface area contributed by atoms with Crippen molar-refractivity contribution in [2.45, 2.75) is 63.6 Å². The number of esters is 1. The zero-order valence-electron chi connectivity index (χ0n) is 25.7. The van der Waals surface area contributed by atoms with Gasteiger partial charge in [-0.1, -0.05) is 0 Å². The number of Topliss-reactive ketones (excluding diaryl/α,β-unsaturated/α-hetero) is 1. The van der Waals surface area contributed by atoms with Crippen molar-refractivity contribution in [2.24, 2.45) is 23.7 Å². The monoisotopic (exact) mass is 634 g/mol. The summed E-state index contributed by atoms with van der Waals surface area (Å²) in [6.07, 6.45) is 9.03. The van der Waals surface area contributed by atoms with Gasteiger partial charge in [-0.25, -0.2) is 4.79 Å². The van der Waals surface area contributed by atoms with Gasteiger partial charge in [-0.05, 0) is 80.4 Å². The highest BCUT2D eigenvalue weighted by Gasteiger charge is 2.48. The van der Waals surface area contributed by atoms with Gasteiger partial charge in [0.1, 0.15) is 18.3 Å². The zero-order valence-corrected chi connectivity index (χ0v) is 25.7. The van der Waals surface area contributed by atoms with Crippen LogP contribution in [0.4, 0.5) is 5.69 Å². The van der Waals surface area contributed by atoms with Crippen LogP contribution in [-0.4, -0.2) is 71.2 Å². The molecule has 4 aliphatic rings. The maximum Gasteiger partial charge on any atom is 0.339 e. The first kappa shape index (κ1) is 32.5. The minimum absolute atomic E-state index is 0.00289. The second-order valence-electron chi connectivity index (χ2n) is 12.4. The van der Waals surface area contributed by atoms with E-state index in [2.05, 4.69) is 31.0 Å². The van der Waals surface area contributed by atoms with Gasteiger partial charge < -0.3 is 30.6 Å². The van der Waals surface area contributed by atoms with Gasteiger partial charge in [0.25, 0.3) is 17.4 Å². The molecule has 4 aliphatic carbocycles. The zero-order chi connectivity index (χ0) is 33.0. The Morgan fingerprint density at radius 3 is 2.33 bits per heavy atom. The molecule has 0 aromatic carbocycles. The lowest BCUT2D eigenvalue weighted by molar-refractivity contribution is -0.137. The Hall–Kier alpha value is -4.88. The summed E-state index contributed by atoms with van der Waals surface area (Å²) < 4.78 is 5.86. The van der Waals surface area contributed by atoms with Gasteiger partial charge in [0.15, 0.2) is 0 Å². The predicted octanol–water partition coefficient (Wildman–Crippen LogP) is 0.803. The van der Waals surface area contributed by atoms with Gasteiger partial charge in [-0.15, -0.1) is 0 Å². The largest absolute Gasteiger partial charge is 0.465 e. The summed E-state index contributed by atoms with van der Waals surface area (Å²) in [6, 6.07) is 2.86. The van der Waals surface area contributed by atoms with E-state index in [1.165, 1.54) is 61.9 Å². The van der Waals surface area contributed by atoms with Crippen molar-refractivity contribution in [1.82, 2.24) is 25.5 Å². The lowest BCUT2D eigenvalue weighted by Crippen LogP contribution is -2.56. The molecule has 2 aromatic heterocycles. The lowest BCUT2D eigenvalue weighted by Gasteiger charge is -2.54. The molecule has 4 amide bonds. The Kier molecular flexibility index (Phi) is 9.93. The maximum absolute atomic E-state index is 13.4. The van der Waals surface area contributed by atoms with Crippen LogP contribution < -0.4 is 26.8 Å². The normalized spacial score (nSPS) is 23.1. The fourth-order valence-electron chi connectivity index (χ4n) is 7.36. The number of rotatable bonds is 12. The first-order chi connectivity index (χ1) is 22.1. The molecule has 0 aliphatic heterocycles. The van der Waals surface area contributed by atoms with Crippen LogP contribution in [0.5, 0.6) is 0 Å². The number of nitrogens with zero attached hydrogens (tertiary/aromatic N) is 2. The van der Waals surface area contributed by atoms with E-state index in [9.17, 15) is 33.6 Å². The third-order valence-electron chi connectivity index (χ3n) is 9.33. The van der Waals surface area contributed by atoms with Crippen molar-refractivity contribution < 1.29 is 33.5 Å². The first-order valence-corrected chi connectivity index (χ1v) is 15.4. The number of nitrogens with one attached hydrogen (secondary N) is 4. The standard InChI is InChI=1S/C32H38N6O8/c1-33-30(43)25(39)6-5-23(35-28(41)21-13-22(15-34-14-21)32(45)46-2)29(42)36-24-4-3-7-38(31(24)44)16-26(40)37-27-19-9-17-8-18(11-19)12-20(27)10-17/h3-4,7,13-15,17-20,23,27H,5-6,8-12,16H2,1-2H3,(H,33,43)(H,35,41)(H,36,42)(H,37,40)/t17?,18?,19?,20?,23-,27?/m0/s1. The van der Waals surface area contributed by atoms with E-state index < -0.39 is 41.1 Å². The minimum atomic E-state index is -1.36. The van der Waals surface area contributed by atoms with Crippen molar-refractivity contribution in [3.05, 3.63) is 58.3 Å². The fraction of sp³-hybridized carbons (Fsp3) is 0.500. The van der Waals surface area contributed by atoms with Crippen molar-refractivity contribution in [1.29, 1.82) is 0 Å². The Morgan fingerprint density at radius 1 is 1.00 bits per heavy atom. The van der Waals surface area contributed by atoms with Gasteiger partial charge >= 0.3 is 5.97 Å². The van der Waals surface area contributed by atoms with E-state index in [-0.39, 0.29) is 48.1 Å². The topological polar surface area (TPSA) is 195 Å². The molecule has 2 aromatic rings. The summed E-state index contributed by atoms with van der Waals surface area (Å²) in [5.74, 6) is -1.82. The van der Waals surface area contributed by atoms with Crippen molar-refractivity contribution in [3.63, 3.8) is 0 Å². The Balaban J connectivity index is 1.27. The number of amides is 4. The third-order valence-corrected chi connectivity index (χ3v) is 9.33. The van der Waals surface area contributed by atoms with Crippen LogP contribution in [0.3, 0.4) is 0 Å². The summed E-state index contributed by atoms with van der Waals surface area (Å²) in [7, 11) is 2.46. The van der Waals surface area contributed by atoms with E-state index in [0.717, 1.165) is 37.5 Å². The smallest absolute Gasteiger partial charge is 0.339 e. The van der Waals surface area contributed by atoms with Gasteiger partial charge in [0.05, 0.1) is 18.2 Å². The molecule has 1 atom stereocenters. The van der Waals surface area contributed by atoms with E-state index in [4.69, 9.17) is 0 Å². The average Bonchev–Trinajstić information content (AvgIpc) is 3.05. The SMILES string of the molecule is CNC(=O)C(=O)CC[C@H](NC(=O)c1cncc(C(=O)OC)c1)C(=O)Nc1cccn(CC(=O)NC2C3CC4CC(C3)CC2C4)c1=O. The van der Waals surface area contributed by atoms with E-state index in [1.807, 2.05) is 0 Å². The highest BCUT2D eigenvalue weighted by molar-refractivity contribution is 6.36. The van der Waals surface area contributed by atoms with Crippen LogP contribution in [0.2, 0.25) is 0 Å². The van der Waals surface area contributed by atoms with E-state index in [1.54, 1.807) is 0 Å². The maximum atomic E-state index is 13.4. The molecular weight excluding hydrogens is 596 g/mol.